The number of Topliss-reactive ketones (excluding diaryl/α,β-unsaturated/α-hetero) is 1. The predicted octanol–water partition coefficient (Wildman–Crippen LogP) is 7.83. The van der Waals surface area contributed by atoms with E-state index >= 15 is 0 Å². The van der Waals surface area contributed by atoms with E-state index in [1.807, 2.05) is 61.5 Å². The number of terminal acetylenes is 1. The monoisotopic (exact) mass is 663 g/mol. The summed E-state index contributed by atoms with van der Waals surface area (Å²) in [5.41, 5.74) is 3.23. The number of unbranched alkanes of at least 4 members (excludes halogenated alkanes) is 2. The minimum atomic E-state index is 0.00781. The van der Waals surface area contributed by atoms with E-state index in [4.69, 9.17) is 14.5 Å². The fourth-order valence-electron chi connectivity index (χ4n) is 5.18. The van der Waals surface area contributed by atoms with Crippen LogP contribution in [0.25, 0.3) is 11.0 Å². The number of aromatic nitrogens is 3. The summed E-state index contributed by atoms with van der Waals surface area (Å²) in [4.78, 5) is 28.1. The summed E-state index contributed by atoms with van der Waals surface area (Å²) in [6, 6.07) is 7.90. The van der Waals surface area contributed by atoms with Crippen molar-refractivity contribution >= 4 is 40.4 Å². The molecule has 0 amide bonds. The number of ether oxygens (including phenoxy) is 2. The molecule has 10 heteroatoms. The van der Waals surface area contributed by atoms with Gasteiger partial charge in [0.25, 0.3) is 0 Å². The minimum Gasteiger partial charge on any atom is -0.489 e. The number of nitrogens with zero attached hydrogens (tertiary/aromatic N) is 6. The summed E-state index contributed by atoms with van der Waals surface area (Å²) < 4.78 is 12.3. The molecular formula is C39H49N7O3. The van der Waals surface area contributed by atoms with E-state index in [9.17, 15) is 4.79 Å². The fourth-order valence-corrected chi connectivity index (χ4v) is 5.18. The molecular weight excluding hydrogens is 614 g/mol. The lowest BCUT2D eigenvalue weighted by Gasteiger charge is -2.24. The highest BCUT2D eigenvalue weighted by Crippen LogP contribution is 2.35. The van der Waals surface area contributed by atoms with Crippen LogP contribution >= 0.6 is 0 Å². The first kappa shape index (κ1) is 38.1. The maximum atomic E-state index is 11.7. The van der Waals surface area contributed by atoms with Crippen LogP contribution < -0.4 is 19.7 Å². The average molecular weight is 664 g/mol. The second-order valence-electron chi connectivity index (χ2n) is 11.7. The SMILES string of the molecule is C#C.CC#CC(=O)CCCCCN1CC(C)COc2cc3ncnc(Nc4ccc(OC5=CCN(/N=C\C)C=C5)c(C)c4)c3nc21.CCC. The Morgan fingerprint density at radius 3 is 2.69 bits per heavy atom. The fraction of sp³-hybridized carbons (Fsp3) is 0.410. The van der Waals surface area contributed by atoms with Gasteiger partial charge in [0.05, 0.1) is 18.7 Å². The van der Waals surface area contributed by atoms with E-state index < -0.39 is 0 Å². The zero-order valence-corrected chi connectivity index (χ0v) is 29.7. The molecule has 2 aliphatic rings. The Labute approximate surface area is 291 Å². The van der Waals surface area contributed by atoms with E-state index in [0.717, 1.165) is 66.7 Å². The van der Waals surface area contributed by atoms with Gasteiger partial charge in [-0.25, -0.2) is 15.0 Å². The zero-order chi connectivity index (χ0) is 35.6. The highest BCUT2D eigenvalue weighted by molar-refractivity contribution is 5.95. The highest BCUT2D eigenvalue weighted by Gasteiger charge is 2.24. The van der Waals surface area contributed by atoms with Crippen LogP contribution in [0.1, 0.15) is 72.3 Å². The van der Waals surface area contributed by atoms with E-state index in [2.05, 4.69) is 70.7 Å². The van der Waals surface area contributed by atoms with E-state index in [-0.39, 0.29) is 5.78 Å². The second kappa shape index (κ2) is 20.1. The molecule has 2 aliphatic heterocycles. The molecule has 49 heavy (non-hydrogen) atoms. The molecule has 1 unspecified atom stereocenters. The Balaban J connectivity index is 0.00000123. The van der Waals surface area contributed by atoms with Crippen LogP contribution in [0.5, 0.6) is 11.5 Å². The van der Waals surface area contributed by atoms with Gasteiger partial charge in [-0.1, -0.05) is 39.5 Å². The molecule has 0 bridgehead atoms. The maximum absolute atomic E-state index is 11.7. The number of fused-ring (bicyclic) bond motifs is 2. The maximum Gasteiger partial charge on any atom is 0.205 e. The van der Waals surface area contributed by atoms with Crippen molar-refractivity contribution in [3.63, 3.8) is 0 Å². The van der Waals surface area contributed by atoms with Crippen molar-refractivity contribution < 1.29 is 14.3 Å². The lowest BCUT2D eigenvalue weighted by Crippen LogP contribution is -2.30. The van der Waals surface area contributed by atoms with Gasteiger partial charge in [-0.15, -0.1) is 12.8 Å². The van der Waals surface area contributed by atoms with Crippen molar-refractivity contribution in [1.82, 2.24) is 20.0 Å². The van der Waals surface area contributed by atoms with Gasteiger partial charge in [-0.3, -0.25) is 9.80 Å². The molecule has 0 saturated carbocycles. The van der Waals surface area contributed by atoms with Gasteiger partial charge in [0.15, 0.2) is 17.4 Å². The third kappa shape index (κ3) is 11.4. The summed E-state index contributed by atoms with van der Waals surface area (Å²) in [7, 11) is 0. The Morgan fingerprint density at radius 2 is 2.00 bits per heavy atom. The molecule has 4 heterocycles. The molecule has 0 spiro atoms. The molecule has 0 radical (unpaired) electrons. The molecule has 0 saturated heterocycles. The van der Waals surface area contributed by atoms with E-state index in [0.29, 0.717) is 42.3 Å². The molecule has 2 aromatic heterocycles. The lowest BCUT2D eigenvalue weighted by atomic mass is 10.1. The molecule has 258 valence electrons. The first-order valence-corrected chi connectivity index (χ1v) is 16.9. The van der Waals surface area contributed by atoms with Crippen molar-refractivity contribution in [2.45, 2.75) is 73.6 Å². The van der Waals surface area contributed by atoms with Gasteiger partial charge in [0, 0.05) is 49.6 Å². The van der Waals surface area contributed by atoms with Crippen LogP contribution in [0.15, 0.2) is 59.8 Å². The van der Waals surface area contributed by atoms with Gasteiger partial charge in [-0.2, -0.15) is 5.10 Å². The number of aryl methyl sites for hydroxylation is 1. The smallest absolute Gasteiger partial charge is 0.205 e. The van der Waals surface area contributed by atoms with Crippen LogP contribution in [0.2, 0.25) is 0 Å². The first-order chi connectivity index (χ1) is 23.8. The summed E-state index contributed by atoms with van der Waals surface area (Å²) in [5.74, 6) is 9.35. The standard InChI is InChI=1S/C34H39N7O3.C3H8.C2H2/c1-5-10-27(42)11-8-7-9-16-40-21-24(3)22-43-31-20-29-32(39-34(31)40)33(36-23-35-29)38-26-12-13-30(25(4)19-26)44-28-14-17-41(18-15-28)37-6-2;1-3-2;1-2/h6,12-15,17,19-20,23-24H,7-9,11,16,18,21-22H2,1-4H3,(H,35,36,38);3H2,1-2H3;1-2H/b37-6-;;. The van der Waals surface area contributed by atoms with Crippen molar-refractivity contribution in [3.8, 4) is 36.2 Å². The first-order valence-electron chi connectivity index (χ1n) is 16.9. The van der Waals surface area contributed by atoms with Crippen LogP contribution in [0.4, 0.5) is 17.3 Å². The minimum absolute atomic E-state index is 0.00781. The third-order valence-corrected chi connectivity index (χ3v) is 7.33. The molecule has 3 aromatic rings. The van der Waals surface area contributed by atoms with Gasteiger partial charge in [-0.05, 0) is 75.4 Å². The van der Waals surface area contributed by atoms with E-state index in [1.165, 1.54) is 12.7 Å². The number of carbonyl (C=O) groups is 1. The van der Waals surface area contributed by atoms with Crippen molar-refractivity contribution in [2.24, 2.45) is 11.0 Å². The van der Waals surface area contributed by atoms with Gasteiger partial charge in [0.1, 0.15) is 23.4 Å². The quantitative estimate of drug-likeness (QED) is 0.0951. The topological polar surface area (TPSA) is 105 Å². The number of benzene rings is 1. The number of hydrogen-bond donors (Lipinski definition) is 1. The van der Waals surface area contributed by atoms with E-state index in [1.54, 1.807) is 13.1 Å². The summed E-state index contributed by atoms with van der Waals surface area (Å²) in [6.45, 7) is 14.9. The zero-order valence-electron chi connectivity index (χ0n) is 29.7. The summed E-state index contributed by atoms with van der Waals surface area (Å²) in [6.07, 6.45) is 21.6. The van der Waals surface area contributed by atoms with Gasteiger partial charge < -0.3 is 19.7 Å². The van der Waals surface area contributed by atoms with Crippen molar-refractivity contribution in [2.75, 3.05) is 36.5 Å². The van der Waals surface area contributed by atoms with Gasteiger partial charge >= 0.3 is 0 Å². The van der Waals surface area contributed by atoms with Crippen LogP contribution in [-0.4, -0.2) is 58.2 Å². The number of allylic oxidation sites excluding steroid dienone is 1. The average Bonchev–Trinajstić information content (AvgIpc) is 3.25. The number of pyridine rings is 1. The number of hydrazone groups is 1. The Bertz CT molecular complexity index is 1720. The third-order valence-electron chi connectivity index (χ3n) is 7.33. The molecule has 1 aromatic carbocycles. The van der Waals surface area contributed by atoms with Crippen molar-refractivity contribution in [1.29, 1.82) is 0 Å². The Kier molecular flexibility index (Phi) is 15.6. The van der Waals surface area contributed by atoms with Crippen LogP contribution in [0, 0.1) is 37.5 Å². The summed E-state index contributed by atoms with van der Waals surface area (Å²) >= 11 is 0. The van der Waals surface area contributed by atoms with Gasteiger partial charge in [0.2, 0.25) is 5.78 Å². The molecule has 0 fully saturated rings. The number of ketones is 1. The lowest BCUT2D eigenvalue weighted by molar-refractivity contribution is -0.113. The number of carbonyl (C=O) groups excluding carboxylic acids is 1. The van der Waals surface area contributed by atoms with Crippen molar-refractivity contribution in [3.05, 3.63) is 60.3 Å². The number of anilines is 3. The molecule has 1 atom stereocenters. The van der Waals surface area contributed by atoms with Crippen LogP contribution in [0.3, 0.4) is 0 Å². The predicted molar refractivity (Wildman–Crippen MR) is 200 cm³/mol. The Morgan fingerprint density at radius 1 is 1.20 bits per heavy atom. The number of rotatable bonds is 11. The van der Waals surface area contributed by atoms with Crippen LogP contribution in [-0.2, 0) is 4.79 Å². The highest BCUT2D eigenvalue weighted by atomic mass is 16.5. The molecule has 5 rings (SSSR count). The number of hydrogen-bond acceptors (Lipinski definition) is 10. The molecule has 1 N–H and O–H groups in total. The summed E-state index contributed by atoms with van der Waals surface area (Å²) in [5, 5.41) is 9.54. The molecule has 0 aliphatic carbocycles. The molecule has 10 nitrogen and oxygen atoms in total. The largest absolute Gasteiger partial charge is 0.489 e. The second-order valence-corrected chi connectivity index (χ2v) is 11.7. The number of nitrogens with one attached hydrogen (secondary N) is 1. The Hall–Kier alpha value is -5.35. The normalized spacial score (nSPS) is 14.9.